The number of guanidine groups is 1. The van der Waals surface area contributed by atoms with Crippen LogP contribution in [0.4, 0.5) is 5.69 Å². The highest BCUT2D eigenvalue weighted by molar-refractivity contribution is 14.0. The van der Waals surface area contributed by atoms with Crippen molar-refractivity contribution in [3.05, 3.63) is 42.0 Å². The van der Waals surface area contributed by atoms with Crippen molar-refractivity contribution in [1.29, 1.82) is 0 Å². The maximum atomic E-state index is 11.6. The minimum atomic E-state index is 0. The van der Waals surface area contributed by atoms with Crippen LogP contribution >= 0.6 is 24.0 Å². The fourth-order valence-electron chi connectivity index (χ4n) is 3.81. The van der Waals surface area contributed by atoms with E-state index in [1.54, 1.807) is 7.05 Å². The standard InChI is InChI=1S/C22H33N5O.HI/c1-3-24-22(27-14-10-18(11-15-27)16-21(28)23-2)25-17-19-6-8-20(9-7-19)26-12-4-5-13-26;/h4-9,18H,3,10-17H2,1-2H3,(H,23,28)(H,24,25);1H. The Morgan fingerprint density at radius 1 is 1.14 bits per heavy atom. The number of carbonyl (C=O) groups is 1. The highest BCUT2D eigenvalue weighted by Gasteiger charge is 2.23. The summed E-state index contributed by atoms with van der Waals surface area (Å²) in [7, 11) is 1.71. The molecule has 1 fully saturated rings. The molecule has 6 nitrogen and oxygen atoms in total. The third-order valence-corrected chi connectivity index (χ3v) is 5.53. The van der Waals surface area contributed by atoms with Gasteiger partial charge in [-0.15, -0.1) is 24.0 Å². The second-order valence-corrected chi connectivity index (χ2v) is 7.52. The van der Waals surface area contributed by atoms with Crippen LogP contribution in [-0.4, -0.2) is 56.5 Å². The fraction of sp³-hybridized carbons (Fsp3) is 0.545. The number of aliphatic imine (C=N–C) groups is 1. The van der Waals surface area contributed by atoms with Gasteiger partial charge in [0.2, 0.25) is 5.91 Å². The lowest BCUT2D eigenvalue weighted by atomic mass is 9.93. The van der Waals surface area contributed by atoms with Gasteiger partial charge < -0.3 is 20.4 Å². The van der Waals surface area contributed by atoms with Crippen molar-refractivity contribution >= 4 is 41.5 Å². The molecule has 1 aromatic carbocycles. The molecule has 0 bridgehead atoms. The summed E-state index contributed by atoms with van der Waals surface area (Å²) in [6, 6.07) is 8.73. The monoisotopic (exact) mass is 511 g/mol. The van der Waals surface area contributed by atoms with Crippen LogP contribution in [0.15, 0.2) is 41.4 Å². The number of carbonyl (C=O) groups excluding carboxylic acids is 1. The van der Waals surface area contributed by atoms with Crippen molar-refractivity contribution in [1.82, 2.24) is 15.5 Å². The van der Waals surface area contributed by atoms with E-state index < -0.39 is 0 Å². The highest BCUT2D eigenvalue weighted by atomic mass is 127. The second kappa shape index (κ2) is 12.0. The van der Waals surface area contributed by atoms with E-state index in [0.29, 0.717) is 18.9 Å². The van der Waals surface area contributed by atoms with Gasteiger partial charge in [0.15, 0.2) is 5.96 Å². The van der Waals surface area contributed by atoms with Gasteiger partial charge >= 0.3 is 0 Å². The van der Waals surface area contributed by atoms with Crippen LogP contribution < -0.4 is 15.5 Å². The lowest BCUT2D eigenvalue weighted by molar-refractivity contribution is -0.121. The normalized spacial score (nSPS) is 17.2. The van der Waals surface area contributed by atoms with Crippen LogP contribution in [0.1, 0.15) is 31.7 Å². The Morgan fingerprint density at radius 2 is 1.79 bits per heavy atom. The summed E-state index contributed by atoms with van der Waals surface area (Å²) in [5.74, 6) is 1.60. The fourth-order valence-corrected chi connectivity index (χ4v) is 3.81. The largest absolute Gasteiger partial charge is 0.364 e. The van der Waals surface area contributed by atoms with E-state index in [2.05, 4.69) is 63.8 Å². The number of anilines is 1. The summed E-state index contributed by atoms with van der Waals surface area (Å²) in [5.41, 5.74) is 2.49. The first-order chi connectivity index (χ1) is 13.7. The van der Waals surface area contributed by atoms with Crippen LogP contribution in [0.3, 0.4) is 0 Å². The molecule has 29 heavy (non-hydrogen) atoms. The lowest BCUT2D eigenvalue weighted by Crippen LogP contribution is -2.46. The molecular formula is C22H34IN5O. The summed E-state index contributed by atoms with van der Waals surface area (Å²) < 4.78 is 0. The number of halogens is 1. The topological polar surface area (TPSA) is 60.0 Å². The summed E-state index contributed by atoms with van der Waals surface area (Å²) >= 11 is 0. The van der Waals surface area contributed by atoms with E-state index in [1.165, 1.54) is 11.3 Å². The number of hydrogen-bond acceptors (Lipinski definition) is 3. The molecule has 160 valence electrons. The Kier molecular flexibility index (Phi) is 9.76. The zero-order chi connectivity index (χ0) is 19.8. The second-order valence-electron chi connectivity index (χ2n) is 7.52. The van der Waals surface area contributed by atoms with Gasteiger partial charge in [0.05, 0.1) is 6.54 Å². The van der Waals surface area contributed by atoms with Crippen LogP contribution in [0.25, 0.3) is 0 Å². The van der Waals surface area contributed by atoms with Gasteiger partial charge in [-0.1, -0.05) is 24.3 Å². The molecule has 2 N–H and O–H groups in total. The molecule has 0 spiro atoms. The molecule has 3 rings (SSSR count). The van der Waals surface area contributed by atoms with Crippen molar-refractivity contribution < 1.29 is 4.79 Å². The van der Waals surface area contributed by atoms with Gasteiger partial charge in [-0.05, 0) is 43.4 Å². The first-order valence-corrected chi connectivity index (χ1v) is 10.4. The first kappa shape index (κ1) is 23.5. The zero-order valence-electron chi connectivity index (χ0n) is 17.6. The van der Waals surface area contributed by atoms with E-state index in [1.807, 2.05) is 0 Å². The van der Waals surface area contributed by atoms with Gasteiger partial charge in [0.1, 0.15) is 0 Å². The van der Waals surface area contributed by atoms with Crippen molar-refractivity contribution in [2.45, 2.75) is 32.7 Å². The Labute approximate surface area is 191 Å². The smallest absolute Gasteiger partial charge is 0.220 e. The SMILES string of the molecule is CCNC(=NCc1ccc(N2CC=CC2)cc1)N1CCC(CC(=O)NC)CC1.I. The third-order valence-electron chi connectivity index (χ3n) is 5.53. The molecule has 0 unspecified atom stereocenters. The summed E-state index contributed by atoms with van der Waals surface area (Å²) in [6.07, 6.45) is 7.13. The van der Waals surface area contributed by atoms with E-state index in [4.69, 9.17) is 4.99 Å². The van der Waals surface area contributed by atoms with Gasteiger partial charge in [0.25, 0.3) is 0 Å². The van der Waals surface area contributed by atoms with E-state index in [9.17, 15) is 4.79 Å². The molecular weight excluding hydrogens is 477 g/mol. The van der Waals surface area contributed by atoms with Gasteiger partial charge in [-0.25, -0.2) is 4.99 Å². The molecule has 2 heterocycles. The van der Waals surface area contributed by atoms with Crippen molar-refractivity contribution in [2.75, 3.05) is 44.7 Å². The van der Waals surface area contributed by atoms with Crippen LogP contribution in [-0.2, 0) is 11.3 Å². The van der Waals surface area contributed by atoms with E-state index >= 15 is 0 Å². The number of hydrogen-bond donors (Lipinski definition) is 2. The average molecular weight is 511 g/mol. The Balaban J connectivity index is 0.00000300. The molecule has 2 aliphatic heterocycles. The maximum absolute atomic E-state index is 11.6. The summed E-state index contributed by atoms with van der Waals surface area (Å²) in [6.45, 7) is 7.54. The number of likely N-dealkylation sites (tertiary alicyclic amines) is 1. The number of nitrogens with one attached hydrogen (secondary N) is 2. The molecule has 7 heteroatoms. The van der Waals surface area contributed by atoms with Crippen molar-refractivity contribution in [2.24, 2.45) is 10.9 Å². The summed E-state index contributed by atoms with van der Waals surface area (Å²) in [5, 5.41) is 6.16. The number of amides is 1. The Morgan fingerprint density at radius 3 is 2.38 bits per heavy atom. The molecule has 1 saturated heterocycles. The van der Waals surface area contributed by atoms with Gasteiger partial charge in [0, 0.05) is 51.9 Å². The number of nitrogens with zero attached hydrogens (tertiary/aromatic N) is 3. The minimum Gasteiger partial charge on any atom is -0.364 e. The van der Waals surface area contributed by atoms with Crippen molar-refractivity contribution in [3.63, 3.8) is 0 Å². The highest BCUT2D eigenvalue weighted by Crippen LogP contribution is 2.21. The molecule has 0 atom stereocenters. The zero-order valence-corrected chi connectivity index (χ0v) is 19.9. The molecule has 0 radical (unpaired) electrons. The Bertz CT molecular complexity index is 688. The van der Waals surface area contributed by atoms with E-state index in [-0.39, 0.29) is 29.9 Å². The van der Waals surface area contributed by atoms with Crippen LogP contribution in [0, 0.1) is 5.92 Å². The predicted octanol–water partition coefficient (Wildman–Crippen LogP) is 2.99. The first-order valence-electron chi connectivity index (χ1n) is 10.4. The molecule has 0 aromatic heterocycles. The van der Waals surface area contributed by atoms with E-state index in [0.717, 1.165) is 51.5 Å². The minimum absolute atomic E-state index is 0. The number of piperidine rings is 1. The summed E-state index contributed by atoms with van der Waals surface area (Å²) in [4.78, 5) is 21.1. The van der Waals surface area contributed by atoms with Crippen LogP contribution in [0.5, 0.6) is 0 Å². The van der Waals surface area contributed by atoms with Crippen molar-refractivity contribution in [3.8, 4) is 0 Å². The average Bonchev–Trinajstić information content (AvgIpc) is 3.27. The van der Waals surface area contributed by atoms with Gasteiger partial charge in [-0.2, -0.15) is 0 Å². The molecule has 1 amide bonds. The maximum Gasteiger partial charge on any atom is 0.220 e. The molecule has 0 saturated carbocycles. The lowest BCUT2D eigenvalue weighted by Gasteiger charge is -2.34. The molecule has 1 aromatic rings. The van der Waals surface area contributed by atoms with Crippen LogP contribution in [0.2, 0.25) is 0 Å². The Hall–Kier alpha value is -1.77. The quantitative estimate of drug-likeness (QED) is 0.267. The number of benzene rings is 1. The number of rotatable bonds is 6. The van der Waals surface area contributed by atoms with Gasteiger partial charge in [-0.3, -0.25) is 4.79 Å². The molecule has 2 aliphatic rings. The third kappa shape index (κ3) is 6.90. The molecule has 0 aliphatic carbocycles. The predicted molar refractivity (Wildman–Crippen MR) is 131 cm³/mol.